The second kappa shape index (κ2) is 4.79. The van der Waals surface area contributed by atoms with Gasteiger partial charge >= 0.3 is 0 Å². The molecule has 1 aromatic heterocycles. The highest BCUT2D eigenvalue weighted by Gasteiger charge is 2.36. The molecule has 24 heavy (non-hydrogen) atoms. The first-order valence-electron chi connectivity index (χ1n) is 7.32. The summed E-state index contributed by atoms with van der Waals surface area (Å²) in [5.41, 5.74) is 1.50. The number of rotatable bonds is 1. The molecule has 2 aromatic carbocycles. The van der Waals surface area contributed by atoms with Gasteiger partial charge < -0.3 is 5.11 Å². The molecule has 0 radical (unpaired) electrons. The van der Waals surface area contributed by atoms with Crippen LogP contribution in [0.15, 0.2) is 48.5 Å². The van der Waals surface area contributed by atoms with Gasteiger partial charge in [-0.2, -0.15) is 0 Å². The third kappa shape index (κ3) is 1.80. The number of hydrogen-bond donors (Lipinski definition) is 1. The first-order chi connectivity index (χ1) is 11.5. The standard InChI is InChI=1S/C18H12N2O4/c1-10(21)19-15-9-12(7-6-11(15)8-16(19)22)20-17(23)13-4-2-3-5-14(13)18(20)24/h2-9,22H,1H3. The lowest BCUT2D eigenvalue weighted by molar-refractivity contribution is 0.0918. The van der Waals surface area contributed by atoms with Crippen LogP contribution in [0, 0.1) is 0 Å². The monoisotopic (exact) mass is 320 g/mol. The Morgan fingerprint density at radius 1 is 0.958 bits per heavy atom. The number of anilines is 1. The molecule has 1 aliphatic rings. The van der Waals surface area contributed by atoms with Crippen LogP contribution in [0.3, 0.4) is 0 Å². The number of fused-ring (bicyclic) bond motifs is 2. The maximum Gasteiger partial charge on any atom is 0.266 e. The Bertz CT molecular complexity index is 1010. The van der Waals surface area contributed by atoms with Crippen LogP contribution in [0.25, 0.3) is 10.9 Å². The van der Waals surface area contributed by atoms with Gasteiger partial charge in [-0.1, -0.05) is 18.2 Å². The molecule has 1 aliphatic heterocycles. The van der Waals surface area contributed by atoms with Gasteiger partial charge in [0, 0.05) is 18.4 Å². The van der Waals surface area contributed by atoms with Gasteiger partial charge in [0.15, 0.2) is 5.88 Å². The minimum atomic E-state index is -0.403. The van der Waals surface area contributed by atoms with Crippen molar-refractivity contribution in [3.05, 3.63) is 59.7 Å². The van der Waals surface area contributed by atoms with Crippen molar-refractivity contribution in [1.82, 2.24) is 4.57 Å². The predicted molar refractivity (Wildman–Crippen MR) is 87.5 cm³/mol. The van der Waals surface area contributed by atoms with Crippen LogP contribution in [-0.4, -0.2) is 27.4 Å². The Balaban J connectivity index is 1.89. The van der Waals surface area contributed by atoms with Crippen LogP contribution in [0.2, 0.25) is 0 Å². The van der Waals surface area contributed by atoms with Gasteiger partial charge in [-0.15, -0.1) is 0 Å². The molecule has 2 amide bonds. The minimum absolute atomic E-state index is 0.183. The zero-order valence-corrected chi connectivity index (χ0v) is 12.7. The number of hydrogen-bond acceptors (Lipinski definition) is 4. The maximum absolute atomic E-state index is 12.5. The van der Waals surface area contributed by atoms with Gasteiger partial charge in [0.25, 0.3) is 11.8 Å². The Hall–Kier alpha value is -3.41. The van der Waals surface area contributed by atoms with E-state index in [0.717, 1.165) is 9.47 Å². The van der Waals surface area contributed by atoms with Crippen molar-refractivity contribution in [3.63, 3.8) is 0 Å². The van der Waals surface area contributed by atoms with Crippen LogP contribution < -0.4 is 4.90 Å². The Labute approximate surface area is 136 Å². The van der Waals surface area contributed by atoms with Gasteiger partial charge in [-0.05, 0) is 24.3 Å². The average Bonchev–Trinajstić information content (AvgIpc) is 3.01. The molecule has 6 nitrogen and oxygen atoms in total. The van der Waals surface area contributed by atoms with Crippen LogP contribution in [0.4, 0.5) is 5.69 Å². The quantitative estimate of drug-likeness (QED) is 0.699. The molecule has 0 saturated carbocycles. The number of benzene rings is 2. The van der Waals surface area contributed by atoms with E-state index in [1.165, 1.54) is 13.0 Å². The van der Waals surface area contributed by atoms with Crippen LogP contribution >= 0.6 is 0 Å². The van der Waals surface area contributed by atoms with E-state index < -0.39 is 11.8 Å². The van der Waals surface area contributed by atoms with E-state index in [9.17, 15) is 19.5 Å². The minimum Gasteiger partial charge on any atom is -0.494 e. The largest absolute Gasteiger partial charge is 0.494 e. The maximum atomic E-state index is 12.5. The zero-order chi connectivity index (χ0) is 17.0. The number of carbonyl (C=O) groups is 3. The smallest absolute Gasteiger partial charge is 0.266 e. The van der Waals surface area contributed by atoms with Crippen LogP contribution in [0.1, 0.15) is 32.4 Å². The zero-order valence-electron chi connectivity index (χ0n) is 12.7. The lowest BCUT2D eigenvalue weighted by Crippen LogP contribution is -2.29. The van der Waals surface area contributed by atoms with E-state index in [-0.39, 0.29) is 11.8 Å². The molecular formula is C18H12N2O4. The molecule has 3 aromatic rings. The third-order valence-electron chi connectivity index (χ3n) is 4.14. The van der Waals surface area contributed by atoms with Gasteiger partial charge in [-0.3, -0.25) is 19.0 Å². The first kappa shape index (κ1) is 14.2. The summed E-state index contributed by atoms with van der Waals surface area (Å²) in [6, 6.07) is 12.9. The first-order valence-corrected chi connectivity index (χ1v) is 7.32. The van der Waals surface area contributed by atoms with Gasteiger partial charge in [-0.25, -0.2) is 4.90 Å². The number of nitrogens with zero attached hydrogens (tertiary/aromatic N) is 2. The molecule has 2 heterocycles. The van der Waals surface area contributed by atoms with E-state index in [1.807, 2.05) is 0 Å². The molecule has 0 aliphatic carbocycles. The lowest BCUT2D eigenvalue weighted by atomic mass is 10.1. The number of imide groups is 1. The predicted octanol–water partition coefficient (Wildman–Crippen LogP) is 2.81. The second-order valence-electron chi connectivity index (χ2n) is 5.59. The molecule has 0 atom stereocenters. The van der Waals surface area contributed by atoms with E-state index in [4.69, 9.17) is 0 Å². The van der Waals surface area contributed by atoms with E-state index in [1.54, 1.807) is 42.5 Å². The van der Waals surface area contributed by atoms with Crippen LogP contribution in [0.5, 0.6) is 5.88 Å². The van der Waals surface area contributed by atoms with E-state index in [2.05, 4.69) is 0 Å². The number of carbonyl (C=O) groups excluding carboxylic acids is 3. The molecule has 1 N–H and O–H groups in total. The molecule has 0 spiro atoms. The van der Waals surface area contributed by atoms with Crippen molar-refractivity contribution in [2.75, 3.05) is 4.90 Å². The Morgan fingerprint density at radius 2 is 1.58 bits per heavy atom. The average molecular weight is 320 g/mol. The summed E-state index contributed by atoms with van der Waals surface area (Å²) < 4.78 is 1.14. The second-order valence-corrected chi connectivity index (χ2v) is 5.59. The summed E-state index contributed by atoms with van der Waals surface area (Å²) in [6.45, 7) is 1.33. The number of aromatic hydroxyl groups is 1. The van der Waals surface area contributed by atoms with Gasteiger partial charge in [0.2, 0.25) is 5.91 Å². The molecule has 118 valence electrons. The summed E-state index contributed by atoms with van der Waals surface area (Å²) in [6.07, 6.45) is 0. The number of amides is 2. The third-order valence-corrected chi connectivity index (χ3v) is 4.14. The van der Waals surface area contributed by atoms with Crippen molar-refractivity contribution >= 4 is 34.3 Å². The molecule has 0 fully saturated rings. The summed E-state index contributed by atoms with van der Waals surface area (Å²) in [5.74, 6) is -1.35. The fourth-order valence-electron chi connectivity index (χ4n) is 3.07. The summed E-state index contributed by atoms with van der Waals surface area (Å²) in [4.78, 5) is 37.9. The lowest BCUT2D eigenvalue weighted by Gasteiger charge is -2.14. The SMILES string of the molecule is CC(=O)n1c(O)cc2ccc(N3C(=O)c4ccccc4C3=O)cc21. The van der Waals surface area contributed by atoms with E-state index >= 15 is 0 Å². The molecule has 0 unspecified atom stereocenters. The van der Waals surface area contributed by atoms with Crippen molar-refractivity contribution in [2.24, 2.45) is 0 Å². The Kier molecular flexibility index (Phi) is 2.83. The molecule has 0 saturated heterocycles. The fraction of sp³-hybridized carbons (Fsp3) is 0.0556. The highest BCUT2D eigenvalue weighted by Crippen LogP contribution is 2.32. The normalized spacial score (nSPS) is 13.6. The topological polar surface area (TPSA) is 79.6 Å². The van der Waals surface area contributed by atoms with E-state index in [0.29, 0.717) is 27.7 Å². The highest BCUT2D eigenvalue weighted by molar-refractivity contribution is 6.34. The fourth-order valence-corrected chi connectivity index (χ4v) is 3.07. The number of aromatic nitrogens is 1. The van der Waals surface area contributed by atoms with Crippen molar-refractivity contribution in [2.45, 2.75) is 6.92 Å². The molecule has 6 heteroatoms. The van der Waals surface area contributed by atoms with Crippen molar-refractivity contribution in [3.8, 4) is 5.88 Å². The summed E-state index contributed by atoms with van der Waals surface area (Å²) >= 11 is 0. The van der Waals surface area contributed by atoms with Crippen LogP contribution in [-0.2, 0) is 0 Å². The van der Waals surface area contributed by atoms with Gasteiger partial charge in [0.05, 0.1) is 22.3 Å². The molecule has 0 bridgehead atoms. The summed E-state index contributed by atoms with van der Waals surface area (Å²) in [5, 5.41) is 10.5. The summed E-state index contributed by atoms with van der Waals surface area (Å²) in [7, 11) is 0. The Morgan fingerprint density at radius 3 is 2.17 bits per heavy atom. The molecule has 4 rings (SSSR count). The van der Waals surface area contributed by atoms with Crippen molar-refractivity contribution < 1.29 is 19.5 Å². The van der Waals surface area contributed by atoms with Gasteiger partial charge in [0.1, 0.15) is 0 Å². The highest BCUT2D eigenvalue weighted by atomic mass is 16.3. The van der Waals surface area contributed by atoms with Crippen molar-refractivity contribution in [1.29, 1.82) is 0 Å². The molecular weight excluding hydrogens is 308 g/mol.